The fourth-order valence-corrected chi connectivity index (χ4v) is 4.10. The van der Waals surface area contributed by atoms with Crippen molar-refractivity contribution in [1.29, 1.82) is 0 Å². The highest BCUT2D eigenvalue weighted by molar-refractivity contribution is 7.98. The molecule has 0 saturated carbocycles. The Labute approximate surface area is 166 Å². The summed E-state index contributed by atoms with van der Waals surface area (Å²) in [5.74, 6) is -1.20. The average molecular weight is 409 g/mol. The van der Waals surface area contributed by atoms with E-state index >= 15 is 0 Å². The minimum atomic E-state index is -4.40. The number of carboxylic acids is 1. The number of carbonyl (C=O) groups is 1. The lowest BCUT2D eigenvalue weighted by Crippen LogP contribution is -2.39. The number of likely N-dealkylation sites (tertiary alicyclic amines) is 1. The summed E-state index contributed by atoms with van der Waals surface area (Å²) in [6.07, 6.45) is -1.45. The molecular weight excluding hydrogens is 387 g/mol. The first kappa shape index (κ1) is 20.7. The SMILES string of the molecule is CSc1ccc(C(c2cccc(C(F)(F)F)c2)N2CCC(C(=O)O)CC2)cc1. The second-order valence-corrected chi connectivity index (χ2v) is 7.83. The maximum atomic E-state index is 13.2. The van der Waals surface area contributed by atoms with E-state index in [0.717, 1.165) is 16.5 Å². The van der Waals surface area contributed by atoms with Gasteiger partial charge in [-0.3, -0.25) is 9.69 Å². The molecule has 7 heteroatoms. The Bertz CT molecular complexity index is 815. The van der Waals surface area contributed by atoms with Crippen molar-refractivity contribution in [2.75, 3.05) is 19.3 Å². The van der Waals surface area contributed by atoms with Crippen molar-refractivity contribution in [2.24, 2.45) is 5.92 Å². The zero-order valence-corrected chi connectivity index (χ0v) is 16.3. The van der Waals surface area contributed by atoms with Gasteiger partial charge in [0.15, 0.2) is 0 Å². The number of carboxylic acid groups (broad SMARTS) is 1. The number of hydrogen-bond donors (Lipinski definition) is 1. The van der Waals surface area contributed by atoms with Crippen LogP contribution < -0.4 is 0 Å². The Hall–Kier alpha value is -1.99. The Balaban J connectivity index is 1.96. The standard InChI is InChI=1S/C21H22F3NO2S/c1-28-18-7-5-14(6-8-18)19(25-11-9-15(10-12-25)20(26)27)16-3-2-4-17(13-16)21(22,23)24/h2-8,13,15,19H,9-12H2,1H3,(H,26,27). The Morgan fingerprint density at radius 3 is 2.29 bits per heavy atom. The number of alkyl halides is 3. The van der Waals surface area contributed by atoms with Crippen LogP contribution in [0.15, 0.2) is 53.4 Å². The predicted molar refractivity (Wildman–Crippen MR) is 103 cm³/mol. The van der Waals surface area contributed by atoms with E-state index in [1.54, 1.807) is 17.8 Å². The molecule has 1 heterocycles. The summed E-state index contributed by atoms with van der Waals surface area (Å²) in [7, 11) is 0. The van der Waals surface area contributed by atoms with Crippen LogP contribution in [-0.4, -0.2) is 35.3 Å². The fourth-order valence-electron chi connectivity index (χ4n) is 3.69. The van der Waals surface area contributed by atoms with Crippen LogP contribution in [0.5, 0.6) is 0 Å². The first-order valence-electron chi connectivity index (χ1n) is 9.07. The van der Waals surface area contributed by atoms with Gasteiger partial charge < -0.3 is 5.11 Å². The quantitative estimate of drug-likeness (QED) is 0.679. The van der Waals surface area contributed by atoms with E-state index in [1.807, 2.05) is 30.5 Å². The highest BCUT2D eigenvalue weighted by atomic mass is 32.2. The van der Waals surface area contributed by atoms with Crippen molar-refractivity contribution in [3.05, 3.63) is 65.2 Å². The largest absolute Gasteiger partial charge is 0.481 e. The molecule has 0 bridgehead atoms. The summed E-state index contributed by atoms with van der Waals surface area (Å²) in [6.45, 7) is 1.06. The van der Waals surface area contributed by atoms with Gasteiger partial charge in [-0.25, -0.2) is 0 Å². The van der Waals surface area contributed by atoms with Crippen molar-refractivity contribution in [2.45, 2.75) is 30.0 Å². The van der Waals surface area contributed by atoms with Gasteiger partial charge in [-0.05, 0) is 67.6 Å². The fraction of sp³-hybridized carbons (Fsp3) is 0.381. The van der Waals surface area contributed by atoms with E-state index in [0.29, 0.717) is 31.5 Å². The zero-order chi connectivity index (χ0) is 20.3. The van der Waals surface area contributed by atoms with Gasteiger partial charge in [0.25, 0.3) is 0 Å². The molecule has 150 valence electrons. The van der Waals surface area contributed by atoms with Gasteiger partial charge in [-0.15, -0.1) is 11.8 Å². The minimum Gasteiger partial charge on any atom is -0.481 e. The molecule has 0 aromatic heterocycles. The van der Waals surface area contributed by atoms with Crippen LogP contribution in [0.4, 0.5) is 13.2 Å². The first-order valence-corrected chi connectivity index (χ1v) is 10.3. The van der Waals surface area contributed by atoms with Crippen LogP contribution >= 0.6 is 11.8 Å². The number of aliphatic carboxylic acids is 1. The summed E-state index contributed by atoms with van der Waals surface area (Å²) in [4.78, 5) is 14.4. The summed E-state index contributed by atoms with van der Waals surface area (Å²) in [5, 5.41) is 9.23. The first-order chi connectivity index (χ1) is 13.3. The van der Waals surface area contributed by atoms with Gasteiger partial charge in [0.1, 0.15) is 0 Å². The molecule has 0 aliphatic carbocycles. The topological polar surface area (TPSA) is 40.5 Å². The molecule has 0 amide bonds. The van der Waals surface area contributed by atoms with Crippen molar-refractivity contribution < 1.29 is 23.1 Å². The Morgan fingerprint density at radius 2 is 1.75 bits per heavy atom. The number of nitrogens with zero attached hydrogens (tertiary/aromatic N) is 1. The maximum Gasteiger partial charge on any atom is 0.416 e. The normalized spacial score (nSPS) is 17.4. The molecule has 2 aromatic rings. The molecule has 1 atom stereocenters. The lowest BCUT2D eigenvalue weighted by atomic mass is 9.90. The Kier molecular flexibility index (Phi) is 6.35. The third-order valence-electron chi connectivity index (χ3n) is 5.21. The molecule has 1 N–H and O–H groups in total. The zero-order valence-electron chi connectivity index (χ0n) is 15.4. The van der Waals surface area contributed by atoms with E-state index in [4.69, 9.17) is 0 Å². The molecule has 1 aliphatic heterocycles. The third kappa shape index (κ3) is 4.70. The van der Waals surface area contributed by atoms with Crippen molar-refractivity contribution in [3.63, 3.8) is 0 Å². The van der Waals surface area contributed by atoms with E-state index < -0.39 is 23.6 Å². The second-order valence-electron chi connectivity index (χ2n) is 6.95. The molecule has 1 fully saturated rings. The van der Waals surface area contributed by atoms with E-state index in [2.05, 4.69) is 4.90 Å². The minimum absolute atomic E-state index is 0.340. The second kappa shape index (κ2) is 8.57. The summed E-state index contributed by atoms with van der Waals surface area (Å²) in [5.41, 5.74) is 0.808. The molecular formula is C21H22F3NO2S. The van der Waals surface area contributed by atoms with Crippen molar-refractivity contribution in [3.8, 4) is 0 Å². The summed E-state index contributed by atoms with van der Waals surface area (Å²) >= 11 is 1.60. The molecule has 1 unspecified atom stereocenters. The van der Waals surface area contributed by atoms with Crippen LogP contribution in [-0.2, 0) is 11.0 Å². The molecule has 1 saturated heterocycles. The molecule has 28 heavy (non-hydrogen) atoms. The molecule has 0 radical (unpaired) electrons. The van der Waals surface area contributed by atoms with E-state index in [1.165, 1.54) is 12.1 Å². The predicted octanol–water partition coefficient (Wildman–Crippen LogP) is 5.31. The Morgan fingerprint density at radius 1 is 1.11 bits per heavy atom. The van der Waals surface area contributed by atoms with Crippen LogP contribution in [0, 0.1) is 5.92 Å². The van der Waals surface area contributed by atoms with Crippen LogP contribution in [0.25, 0.3) is 0 Å². The number of rotatable bonds is 5. The molecule has 2 aromatic carbocycles. The summed E-state index contributed by atoms with van der Waals surface area (Å²) in [6, 6.07) is 12.9. The lowest BCUT2D eigenvalue weighted by Gasteiger charge is -2.37. The van der Waals surface area contributed by atoms with E-state index in [9.17, 15) is 23.1 Å². The number of halogens is 3. The number of benzene rings is 2. The summed E-state index contributed by atoms with van der Waals surface area (Å²) < 4.78 is 39.7. The maximum absolute atomic E-state index is 13.2. The average Bonchev–Trinajstić information content (AvgIpc) is 2.69. The van der Waals surface area contributed by atoms with Crippen LogP contribution in [0.1, 0.15) is 35.6 Å². The van der Waals surface area contributed by atoms with Gasteiger partial charge in [0.05, 0.1) is 17.5 Å². The van der Waals surface area contributed by atoms with Gasteiger partial charge in [0, 0.05) is 4.90 Å². The van der Waals surface area contributed by atoms with E-state index in [-0.39, 0.29) is 6.04 Å². The molecule has 1 aliphatic rings. The van der Waals surface area contributed by atoms with Crippen molar-refractivity contribution in [1.82, 2.24) is 4.90 Å². The number of hydrogen-bond acceptors (Lipinski definition) is 3. The third-order valence-corrected chi connectivity index (χ3v) is 5.95. The van der Waals surface area contributed by atoms with Gasteiger partial charge in [-0.2, -0.15) is 13.2 Å². The van der Waals surface area contributed by atoms with Gasteiger partial charge in [-0.1, -0.05) is 24.3 Å². The lowest BCUT2D eigenvalue weighted by molar-refractivity contribution is -0.143. The van der Waals surface area contributed by atoms with Gasteiger partial charge in [0.2, 0.25) is 0 Å². The molecule has 3 rings (SSSR count). The number of thioether (sulfide) groups is 1. The molecule has 0 spiro atoms. The highest BCUT2D eigenvalue weighted by Crippen LogP contribution is 2.36. The van der Waals surface area contributed by atoms with Gasteiger partial charge >= 0.3 is 12.1 Å². The van der Waals surface area contributed by atoms with Crippen LogP contribution in [0.2, 0.25) is 0 Å². The van der Waals surface area contributed by atoms with Crippen LogP contribution in [0.3, 0.4) is 0 Å². The van der Waals surface area contributed by atoms with Crippen molar-refractivity contribution >= 4 is 17.7 Å². The number of piperidine rings is 1. The monoisotopic (exact) mass is 409 g/mol. The smallest absolute Gasteiger partial charge is 0.416 e. The molecule has 3 nitrogen and oxygen atoms in total. The highest BCUT2D eigenvalue weighted by Gasteiger charge is 2.33.